The van der Waals surface area contributed by atoms with E-state index in [9.17, 15) is 23.1 Å². The minimum atomic E-state index is -5.02. The van der Waals surface area contributed by atoms with Gasteiger partial charge in [0.15, 0.2) is 5.82 Å². The topological polar surface area (TPSA) is 58.4 Å². The van der Waals surface area contributed by atoms with Crippen LogP contribution in [0.15, 0.2) is 42.7 Å². The lowest BCUT2D eigenvalue weighted by Crippen LogP contribution is -2.48. The van der Waals surface area contributed by atoms with E-state index in [1.165, 1.54) is 24.3 Å². The molecule has 0 bridgehead atoms. The monoisotopic (exact) mass is 367 g/mol. The molecule has 0 spiro atoms. The molecule has 0 aliphatic carbocycles. The predicted molar refractivity (Wildman–Crippen MR) is 87.9 cm³/mol. The molecule has 1 fully saturated rings. The third-order valence-corrected chi connectivity index (χ3v) is 4.82. The van der Waals surface area contributed by atoms with Crippen LogP contribution in [0.1, 0.15) is 36.7 Å². The lowest BCUT2D eigenvalue weighted by atomic mass is 9.96. The highest BCUT2D eigenvalue weighted by Gasteiger charge is 2.59. The molecule has 1 aliphatic rings. The van der Waals surface area contributed by atoms with E-state index in [2.05, 4.69) is 4.98 Å². The van der Waals surface area contributed by atoms with E-state index in [1.807, 2.05) is 30.3 Å². The van der Waals surface area contributed by atoms with Gasteiger partial charge in [0.25, 0.3) is 0 Å². The number of carbonyl (C=O) groups is 1. The van der Waals surface area contributed by atoms with Crippen LogP contribution in [-0.2, 0) is 17.4 Å². The molecule has 0 radical (unpaired) electrons. The highest BCUT2D eigenvalue weighted by molar-refractivity contribution is 5.78. The van der Waals surface area contributed by atoms with Crippen LogP contribution in [0.3, 0.4) is 0 Å². The normalized spacial score (nSPS) is 20.2. The number of aliphatic hydroxyl groups is 1. The Bertz CT molecular complexity index is 775. The number of carbonyl (C=O) groups excluding carboxylic acids is 1. The maximum absolute atomic E-state index is 13.6. The van der Waals surface area contributed by atoms with E-state index < -0.39 is 29.9 Å². The van der Waals surface area contributed by atoms with Gasteiger partial charge < -0.3 is 14.6 Å². The Morgan fingerprint density at radius 3 is 2.58 bits per heavy atom. The van der Waals surface area contributed by atoms with Crippen LogP contribution in [0.4, 0.5) is 13.2 Å². The Hall–Kier alpha value is -2.35. The van der Waals surface area contributed by atoms with Gasteiger partial charge in [-0.1, -0.05) is 30.3 Å². The number of hydrogen-bond donors (Lipinski definition) is 1. The molecule has 2 atom stereocenters. The highest BCUT2D eigenvalue weighted by atomic mass is 19.4. The molecule has 1 N–H and O–H groups in total. The van der Waals surface area contributed by atoms with Crippen molar-refractivity contribution in [1.82, 2.24) is 14.5 Å². The fourth-order valence-electron chi connectivity index (χ4n) is 3.48. The summed E-state index contributed by atoms with van der Waals surface area (Å²) >= 11 is 0. The van der Waals surface area contributed by atoms with Gasteiger partial charge in [-0.15, -0.1) is 0 Å². The summed E-state index contributed by atoms with van der Waals surface area (Å²) < 4.78 is 42.0. The minimum absolute atomic E-state index is 0.275. The molecule has 5 nitrogen and oxygen atoms in total. The maximum Gasteiger partial charge on any atom is 0.425 e. The van der Waals surface area contributed by atoms with Gasteiger partial charge in [0.2, 0.25) is 11.5 Å². The Morgan fingerprint density at radius 2 is 2.00 bits per heavy atom. The van der Waals surface area contributed by atoms with Gasteiger partial charge in [0.05, 0.1) is 12.5 Å². The molecule has 1 aromatic heterocycles. The highest BCUT2D eigenvalue weighted by Crippen LogP contribution is 2.42. The van der Waals surface area contributed by atoms with Crippen molar-refractivity contribution in [3.63, 3.8) is 0 Å². The molecular weight excluding hydrogens is 347 g/mol. The van der Waals surface area contributed by atoms with Crippen molar-refractivity contribution in [3.8, 4) is 0 Å². The van der Waals surface area contributed by atoms with E-state index in [0.29, 0.717) is 19.4 Å². The lowest BCUT2D eigenvalue weighted by Gasteiger charge is -2.32. The third-order valence-electron chi connectivity index (χ3n) is 4.82. The second-order valence-electron chi connectivity index (χ2n) is 6.55. The summed E-state index contributed by atoms with van der Waals surface area (Å²) in [5.74, 6) is -1.33. The summed E-state index contributed by atoms with van der Waals surface area (Å²) in [5, 5.41) is 10.4. The first-order valence-electron chi connectivity index (χ1n) is 8.35. The lowest BCUT2D eigenvalue weighted by molar-refractivity contribution is -0.272. The number of nitrogens with zero attached hydrogens (tertiary/aromatic N) is 3. The van der Waals surface area contributed by atoms with Crippen LogP contribution >= 0.6 is 0 Å². The van der Waals surface area contributed by atoms with Crippen LogP contribution in [0.25, 0.3) is 0 Å². The zero-order chi connectivity index (χ0) is 18.9. The molecule has 1 amide bonds. The summed E-state index contributed by atoms with van der Waals surface area (Å²) in [5.41, 5.74) is -2.45. The molecule has 2 unspecified atom stereocenters. The number of aromatic nitrogens is 2. The number of alkyl halides is 3. The van der Waals surface area contributed by atoms with Crippen molar-refractivity contribution in [3.05, 3.63) is 54.1 Å². The van der Waals surface area contributed by atoms with Gasteiger partial charge in [0, 0.05) is 26.0 Å². The Labute approximate surface area is 149 Å². The summed E-state index contributed by atoms with van der Waals surface area (Å²) in [6.45, 7) is 0.368. The molecule has 1 aliphatic heterocycles. The molecule has 2 aromatic rings. The van der Waals surface area contributed by atoms with Crippen molar-refractivity contribution < 1.29 is 23.1 Å². The first-order valence-corrected chi connectivity index (χ1v) is 8.35. The number of amides is 1. The molecule has 1 saturated heterocycles. The molecule has 3 rings (SSSR count). The fourth-order valence-corrected chi connectivity index (χ4v) is 3.48. The van der Waals surface area contributed by atoms with Gasteiger partial charge in [0.1, 0.15) is 0 Å². The number of benzene rings is 1. The summed E-state index contributed by atoms with van der Waals surface area (Å²) in [4.78, 5) is 17.8. The van der Waals surface area contributed by atoms with Gasteiger partial charge in [-0.3, -0.25) is 4.79 Å². The number of aryl methyl sites for hydroxylation is 1. The third kappa shape index (κ3) is 3.21. The van der Waals surface area contributed by atoms with Crippen molar-refractivity contribution in [2.45, 2.75) is 37.1 Å². The predicted octanol–water partition coefficient (Wildman–Crippen LogP) is 2.92. The maximum atomic E-state index is 13.6. The van der Waals surface area contributed by atoms with Gasteiger partial charge >= 0.3 is 6.18 Å². The number of imidazole rings is 1. The molecule has 0 saturated carbocycles. The van der Waals surface area contributed by atoms with E-state index in [-0.39, 0.29) is 6.04 Å². The number of halogens is 3. The van der Waals surface area contributed by atoms with Crippen molar-refractivity contribution in [2.75, 3.05) is 6.54 Å². The van der Waals surface area contributed by atoms with Crippen LogP contribution < -0.4 is 0 Å². The number of rotatable bonds is 4. The van der Waals surface area contributed by atoms with Gasteiger partial charge in [-0.25, -0.2) is 4.98 Å². The average Bonchev–Trinajstić information content (AvgIpc) is 3.23. The van der Waals surface area contributed by atoms with Crippen LogP contribution in [0, 0.1) is 0 Å². The summed E-state index contributed by atoms with van der Waals surface area (Å²) in [7, 11) is 1.35. The second-order valence-corrected chi connectivity index (χ2v) is 6.55. The standard InChI is InChI=1S/C18H20F3N3O2/c1-23-11-9-22-16(23)17(26,18(19,20)21)12-15(25)24-10-5-8-14(24)13-6-3-2-4-7-13/h2-4,6-7,9,11,14,26H,5,8,10,12H2,1H3. The van der Waals surface area contributed by atoms with E-state index in [0.717, 1.165) is 10.1 Å². The Morgan fingerprint density at radius 1 is 1.31 bits per heavy atom. The Kier molecular flexibility index (Phi) is 4.79. The molecule has 26 heavy (non-hydrogen) atoms. The summed E-state index contributed by atoms with van der Waals surface area (Å²) in [6.07, 6.45) is -2.26. The molecular formula is C18H20F3N3O2. The molecule has 1 aromatic carbocycles. The number of likely N-dealkylation sites (tertiary alicyclic amines) is 1. The SMILES string of the molecule is Cn1ccnc1C(O)(CC(=O)N1CCCC1c1ccccc1)C(F)(F)F. The van der Waals surface area contributed by atoms with E-state index in [4.69, 9.17) is 0 Å². The van der Waals surface area contributed by atoms with Gasteiger partial charge in [-0.2, -0.15) is 13.2 Å². The fraction of sp³-hybridized carbons (Fsp3) is 0.444. The van der Waals surface area contributed by atoms with Crippen molar-refractivity contribution in [1.29, 1.82) is 0 Å². The van der Waals surface area contributed by atoms with Crippen molar-refractivity contribution >= 4 is 5.91 Å². The van der Waals surface area contributed by atoms with E-state index in [1.54, 1.807) is 0 Å². The second kappa shape index (κ2) is 6.75. The number of hydrogen-bond acceptors (Lipinski definition) is 3. The molecule has 8 heteroatoms. The smallest absolute Gasteiger partial charge is 0.374 e. The zero-order valence-corrected chi connectivity index (χ0v) is 14.3. The molecule has 140 valence electrons. The first kappa shape index (κ1) is 18.4. The Balaban J connectivity index is 1.88. The largest absolute Gasteiger partial charge is 0.425 e. The molecule has 2 heterocycles. The quantitative estimate of drug-likeness (QED) is 0.904. The summed E-state index contributed by atoms with van der Waals surface area (Å²) in [6, 6.07) is 8.93. The average molecular weight is 367 g/mol. The minimum Gasteiger partial charge on any atom is -0.374 e. The van der Waals surface area contributed by atoms with Crippen LogP contribution in [0.5, 0.6) is 0 Å². The first-order chi connectivity index (χ1) is 12.2. The van der Waals surface area contributed by atoms with Crippen molar-refractivity contribution in [2.24, 2.45) is 7.05 Å². The van der Waals surface area contributed by atoms with Gasteiger partial charge in [-0.05, 0) is 18.4 Å². The zero-order valence-electron chi connectivity index (χ0n) is 14.3. The van der Waals surface area contributed by atoms with E-state index >= 15 is 0 Å². The van der Waals surface area contributed by atoms with Crippen LogP contribution in [0.2, 0.25) is 0 Å². The van der Waals surface area contributed by atoms with Crippen LogP contribution in [-0.4, -0.2) is 38.2 Å².